The van der Waals surface area contributed by atoms with Crippen LogP contribution in [0.15, 0.2) is 24.3 Å². The van der Waals surface area contributed by atoms with Crippen LogP contribution >= 0.6 is 0 Å². The largest absolute Gasteiger partial charge is 0.396 e. The molecule has 5 nitrogen and oxygen atoms in total. The highest BCUT2D eigenvalue weighted by Crippen LogP contribution is 2.10. The quantitative estimate of drug-likeness (QED) is 0.771. The number of aliphatic hydroxyl groups is 1. The first-order valence-electron chi connectivity index (χ1n) is 6.52. The summed E-state index contributed by atoms with van der Waals surface area (Å²) in [7, 11) is 0. The van der Waals surface area contributed by atoms with E-state index in [1.807, 2.05) is 24.3 Å². The monoisotopic (exact) mass is 279 g/mol. The minimum absolute atomic E-state index is 0.0657. The minimum Gasteiger partial charge on any atom is -0.396 e. The van der Waals surface area contributed by atoms with Gasteiger partial charge in [0, 0.05) is 18.7 Å². The Balaban J connectivity index is 0.00000110. The predicted octanol–water partition coefficient (Wildman–Crippen LogP) is 1.41. The van der Waals surface area contributed by atoms with Gasteiger partial charge in [0.25, 0.3) is 5.91 Å². The maximum atomic E-state index is 11.8. The molecule has 20 heavy (non-hydrogen) atoms. The summed E-state index contributed by atoms with van der Waals surface area (Å²) in [6.45, 7) is 4.94. The third kappa shape index (κ3) is 8.19. The maximum Gasteiger partial charge on any atom is 0.373 e. The molecule has 1 aromatic rings. The van der Waals surface area contributed by atoms with Crippen molar-refractivity contribution in [2.24, 2.45) is 5.92 Å². The van der Waals surface area contributed by atoms with Gasteiger partial charge in [-0.3, -0.25) is 4.79 Å². The second kappa shape index (κ2) is 10.9. The van der Waals surface area contributed by atoms with Crippen molar-refractivity contribution in [3.05, 3.63) is 35.4 Å². The molecule has 110 valence electrons. The Morgan fingerprint density at radius 3 is 2.55 bits per heavy atom. The number of aliphatic hydroxyl groups excluding tert-OH is 1. The van der Waals surface area contributed by atoms with Gasteiger partial charge in [0.05, 0.1) is 0 Å². The van der Waals surface area contributed by atoms with Gasteiger partial charge in [0.2, 0.25) is 0 Å². The predicted molar refractivity (Wildman–Crippen MR) is 74.0 cm³/mol. The number of benzene rings is 1. The van der Waals surface area contributed by atoms with Gasteiger partial charge in [-0.2, -0.15) is 9.59 Å². The average Bonchev–Trinajstić information content (AvgIpc) is 2.39. The summed E-state index contributed by atoms with van der Waals surface area (Å²) in [4.78, 5) is 28.0. The third-order valence-corrected chi connectivity index (χ3v) is 2.45. The number of nitrogens with one attached hydrogen (secondary N) is 1. The Labute approximate surface area is 119 Å². The van der Waals surface area contributed by atoms with Crippen molar-refractivity contribution in [1.29, 1.82) is 0 Å². The van der Waals surface area contributed by atoms with E-state index in [2.05, 4.69) is 19.2 Å². The zero-order valence-corrected chi connectivity index (χ0v) is 11.9. The Kier molecular flexibility index (Phi) is 9.83. The first-order valence-corrected chi connectivity index (χ1v) is 6.52. The molecule has 0 saturated heterocycles. The zero-order chi connectivity index (χ0) is 15.4. The summed E-state index contributed by atoms with van der Waals surface area (Å²) in [6, 6.07) is 7.72. The molecule has 1 amide bonds. The van der Waals surface area contributed by atoms with Gasteiger partial charge >= 0.3 is 6.15 Å². The molecule has 0 atom stereocenters. The van der Waals surface area contributed by atoms with Crippen LogP contribution in [0.5, 0.6) is 0 Å². The number of hydrogen-bond acceptors (Lipinski definition) is 4. The molecule has 0 aromatic heterocycles. The summed E-state index contributed by atoms with van der Waals surface area (Å²) < 4.78 is 0. The Morgan fingerprint density at radius 2 is 2.00 bits per heavy atom. The fourth-order valence-electron chi connectivity index (χ4n) is 1.69. The van der Waals surface area contributed by atoms with E-state index in [1.165, 1.54) is 5.56 Å². The van der Waals surface area contributed by atoms with Crippen LogP contribution in [0.4, 0.5) is 0 Å². The van der Waals surface area contributed by atoms with E-state index in [0.717, 1.165) is 6.42 Å². The SMILES string of the molecule is CC(C)Cc1cccc(C(=O)NCCCO)c1.O=C=O. The van der Waals surface area contributed by atoms with E-state index >= 15 is 0 Å². The van der Waals surface area contributed by atoms with Crippen LogP contribution in [0.25, 0.3) is 0 Å². The van der Waals surface area contributed by atoms with Crippen LogP contribution in [0.1, 0.15) is 36.2 Å². The number of carbonyl (C=O) groups is 1. The number of hydrogen-bond donors (Lipinski definition) is 2. The smallest absolute Gasteiger partial charge is 0.373 e. The number of amides is 1. The van der Waals surface area contributed by atoms with Gasteiger partial charge < -0.3 is 10.4 Å². The van der Waals surface area contributed by atoms with E-state index in [1.54, 1.807) is 0 Å². The summed E-state index contributed by atoms with van der Waals surface area (Å²) >= 11 is 0. The summed E-state index contributed by atoms with van der Waals surface area (Å²) in [5, 5.41) is 11.4. The first kappa shape index (κ1) is 18.0. The van der Waals surface area contributed by atoms with E-state index in [-0.39, 0.29) is 18.7 Å². The molecular formula is C15H21NO4. The maximum absolute atomic E-state index is 11.8. The summed E-state index contributed by atoms with van der Waals surface area (Å²) in [6.07, 6.45) is 1.83. The van der Waals surface area contributed by atoms with Crippen molar-refractivity contribution in [2.45, 2.75) is 26.7 Å². The van der Waals surface area contributed by atoms with Gasteiger partial charge in [0.1, 0.15) is 0 Å². The average molecular weight is 279 g/mol. The van der Waals surface area contributed by atoms with Gasteiger partial charge in [0.15, 0.2) is 0 Å². The molecule has 0 radical (unpaired) electrons. The molecule has 0 fully saturated rings. The fourth-order valence-corrected chi connectivity index (χ4v) is 1.69. The number of rotatable bonds is 6. The highest BCUT2D eigenvalue weighted by molar-refractivity contribution is 5.94. The lowest BCUT2D eigenvalue weighted by atomic mass is 10.0. The molecule has 0 bridgehead atoms. The van der Waals surface area contributed by atoms with Crippen molar-refractivity contribution < 1.29 is 19.5 Å². The van der Waals surface area contributed by atoms with Crippen LogP contribution in [-0.4, -0.2) is 30.3 Å². The number of carbonyl (C=O) groups excluding carboxylic acids is 3. The fraction of sp³-hybridized carbons (Fsp3) is 0.467. The Morgan fingerprint density at radius 1 is 1.35 bits per heavy atom. The van der Waals surface area contributed by atoms with Crippen LogP contribution in [0.2, 0.25) is 0 Å². The van der Waals surface area contributed by atoms with Crippen LogP contribution in [0.3, 0.4) is 0 Å². The molecule has 0 unspecified atom stereocenters. The molecule has 0 aliphatic rings. The van der Waals surface area contributed by atoms with E-state index in [4.69, 9.17) is 14.7 Å². The molecular weight excluding hydrogens is 258 g/mol. The second-order valence-electron chi connectivity index (χ2n) is 4.71. The molecule has 1 rings (SSSR count). The zero-order valence-electron chi connectivity index (χ0n) is 11.9. The Bertz CT molecular complexity index is 437. The van der Waals surface area contributed by atoms with Crippen molar-refractivity contribution in [3.8, 4) is 0 Å². The minimum atomic E-state index is -0.0657. The Hall–Kier alpha value is -1.97. The topological polar surface area (TPSA) is 83.5 Å². The van der Waals surface area contributed by atoms with E-state index < -0.39 is 0 Å². The van der Waals surface area contributed by atoms with Crippen molar-refractivity contribution in [2.75, 3.05) is 13.2 Å². The standard InChI is InChI=1S/C14H21NO2.CO2/c1-11(2)9-12-5-3-6-13(10-12)14(17)15-7-4-8-16;2-1-3/h3,5-6,10-11,16H,4,7-9H2,1-2H3,(H,15,17);. The molecule has 2 N–H and O–H groups in total. The lowest BCUT2D eigenvalue weighted by Gasteiger charge is -2.08. The van der Waals surface area contributed by atoms with Gasteiger partial charge in [-0.05, 0) is 36.5 Å². The lowest BCUT2D eigenvalue weighted by molar-refractivity contribution is -0.191. The summed E-state index contributed by atoms with van der Waals surface area (Å²) in [5.74, 6) is 0.520. The van der Waals surface area contributed by atoms with Gasteiger partial charge in [-0.25, -0.2) is 0 Å². The third-order valence-electron chi connectivity index (χ3n) is 2.45. The molecule has 0 aliphatic carbocycles. The van der Waals surface area contributed by atoms with Crippen molar-refractivity contribution >= 4 is 12.1 Å². The van der Waals surface area contributed by atoms with Crippen molar-refractivity contribution in [3.63, 3.8) is 0 Å². The molecule has 5 heteroatoms. The van der Waals surface area contributed by atoms with E-state index in [9.17, 15) is 4.79 Å². The lowest BCUT2D eigenvalue weighted by Crippen LogP contribution is -2.25. The molecule has 0 aliphatic heterocycles. The second-order valence-corrected chi connectivity index (χ2v) is 4.71. The summed E-state index contributed by atoms with van der Waals surface area (Å²) in [5.41, 5.74) is 1.89. The molecule has 0 spiro atoms. The molecule has 0 heterocycles. The molecule has 1 aromatic carbocycles. The van der Waals surface area contributed by atoms with Crippen LogP contribution in [-0.2, 0) is 16.0 Å². The van der Waals surface area contributed by atoms with Crippen molar-refractivity contribution in [1.82, 2.24) is 5.32 Å². The van der Waals surface area contributed by atoms with Crippen LogP contribution in [0, 0.1) is 5.92 Å². The molecule has 0 saturated carbocycles. The highest BCUT2D eigenvalue weighted by atomic mass is 16.3. The first-order chi connectivity index (χ1) is 9.54. The van der Waals surface area contributed by atoms with E-state index in [0.29, 0.717) is 24.4 Å². The normalized spacial score (nSPS) is 9.40. The highest BCUT2D eigenvalue weighted by Gasteiger charge is 2.06. The van der Waals surface area contributed by atoms with Gasteiger partial charge in [-0.15, -0.1) is 0 Å². The van der Waals surface area contributed by atoms with Crippen LogP contribution < -0.4 is 5.32 Å². The van der Waals surface area contributed by atoms with Gasteiger partial charge in [-0.1, -0.05) is 26.0 Å².